The summed E-state index contributed by atoms with van der Waals surface area (Å²) in [6.07, 6.45) is 0.0662. The molecule has 0 aromatic carbocycles. The number of hydrogen-bond donors (Lipinski definition) is 1. The lowest BCUT2D eigenvalue weighted by Crippen LogP contribution is -2.32. The molecule has 0 bridgehead atoms. The van der Waals surface area contributed by atoms with E-state index < -0.39 is 17.6 Å². The highest BCUT2D eigenvalue weighted by Gasteiger charge is 2.31. The van der Waals surface area contributed by atoms with Crippen molar-refractivity contribution in [2.75, 3.05) is 36.0 Å². The van der Waals surface area contributed by atoms with Crippen LogP contribution in [0.4, 0.5) is 24.8 Å². The molecule has 0 saturated carbocycles. The number of hydrogen-bond acceptors (Lipinski definition) is 6. The Labute approximate surface area is 147 Å². The zero-order valence-electron chi connectivity index (χ0n) is 13.8. The molecular formula is C16H17F3N6O. The molecule has 2 aromatic heterocycles. The van der Waals surface area contributed by atoms with Gasteiger partial charge in [-0.2, -0.15) is 13.2 Å². The molecule has 3 heterocycles. The van der Waals surface area contributed by atoms with Crippen LogP contribution in [0, 0.1) is 0 Å². The summed E-state index contributed by atoms with van der Waals surface area (Å²) in [5.41, 5.74) is 4.55. The first kappa shape index (κ1) is 17.9. The van der Waals surface area contributed by atoms with Gasteiger partial charge in [-0.05, 0) is 18.6 Å². The molecule has 0 unspecified atom stereocenters. The Morgan fingerprint density at radius 3 is 2.27 bits per heavy atom. The van der Waals surface area contributed by atoms with E-state index in [1.54, 1.807) is 6.20 Å². The van der Waals surface area contributed by atoms with Crippen molar-refractivity contribution in [1.82, 2.24) is 15.0 Å². The van der Waals surface area contributed by atoms with E-state index in [4.69, 9.17) is 5.73 Å². The molecule has 0 atom stereocenters. The number of amides is 1. The molecule has 0 aliphatic carbocycles. The first-order valence-corrected chi connectivity index (χ1v) is 7.99. The summed E-state index contributed by atoms with van der Waals surface area (Å²) in [4.78, 5) is 27.3. The topological polar surface area (TPSA) is 88.2 Å². The smallest absolute Gasteiger partial charge is 0.364 e. The van der Waals surface area contributed by atoms with Crippen molar-refractivity contribution in [2.24, 2.45) is 5.73 Å². The molecule has 7 nitrogen and oxygen atoms in total. The van der Waals surface area contributed by atoms with E-state index in [1.807, 2.05) is 9.80 Å². The Morgan fingerprint density at radius 2 is 1.69 bits per heavy atom. The fraction of sp³-hybridized carbons (Fsp3) is 0.375. The number of nitrogens with two attached hydrogens (primary N) is 1. The Morgan fingerprint density at radius 1 is 1.00 bits per heavy atom. The average molecular weight is 366 g/mol. The number of carbonyl (C=O) groups excluding carboxylic acids is 1. The lowest BCUT2D eigenvalue weighted by molar-refractivity contribution is -0.137. The summed E-state index contributed by atoms with van der Waals surface area (Å²) >= 11 is 0. The third kappa shape index (κ3) is 4.01. The molecule has 138 valence electrons. The van der Waals surface area contributed by atoms with E-state index in [1.165, 1.54) is 12.3 Å². The maximum atomic E-state index is 12.6. The molecule has 3 rings (SSSR count). The van der Waals surface area contributed by atoms with Gasteiger partial charge in [0, 0.05) is 32.4 Å². The van der Waals surface area contributed by atoms with Crippen LogP contribution in [-0.4, -0.2) is 47.0 Å². The Kier molecular flexibility index (Phi) is 4.92. The highest BCUT2D eigenvalue weighted by molar-refractivity contribution is 5.90. The Bertz CT molecular complexity index is 780. The monoisotopic (exact) mass is 366 g/mol. The second kappa shape index (κ2) is 7.14. The van der Waals surface area contributed by atoms with Crippen molar-refractivity contribution in [3.63, 3.8) is 0 Å². The zero-order valence-corrected chi connectivity index (χ0v) is 13.8. The average Bonchev–Trinajstić information content (AvgIpc) is 2.87. The predicted molar refractivity (Wildman–Crippen MR) is 88.8 cm³/mol. The van der Waals surface area contributed by atoms with Gasteiger partial charge in [-0.3, -0.25) is 9.78 Å². The number of rotatable bonds is 3. The predicted octanol–water partition coefficient (Wildman–Crippen LogP) is 1.71. The minimum absolute atomic E-state index is 0.0907. The number of halogens is 3. The van der Waals surface area contributed by atoms with Crippen LogP contribution in [0.1, 0.15) is 22.5 Å². The highest BCUT2D eigenvalue weighted by Crippen LogP contribution is 2.29. The number of aromatic nitrogens is 3. The normalized spacial score (nSPS) is 15.7. The zero-order chi connectivity index (χ0) is 18.7. The second-order valence-electron chi connectivity index (χ2n) is 5.86. The molecule has 1 aliphatic heterocycles. The standard InChI is InChI=1S/C16H17F3N6O/c17-16(18,19)11-2-3-13(22-8-11)24-4-1-5-25(7-6-24)14-10-21-9-12(23-14)15(20)26/h2-3,8-10H,1,4-7H2,(H2,20,26). The van der Waals surface area contributed by atoms with Gasteiger partial charge >= 0.3 is 6.18 Å². The van der Waals surface area contributed by atoms with Gasteiger partial charge in [-0.15, -0.1) is 0 Å². The maximum Gasteiger partial charge on any atom is 0.417 e. The van der Waals surface area contributed by atoms with Crippen LogP contribution < -0.4 is 15.5 Å². The summed E-state index contributed by atoms with van der Waals surface area (Å²) in [7, 11) is 0. The summed E-state index contributed by atoms with van der Waals surface area (Å²) in [6, 6.07) is 2.42. The Balaban J connectivity index is 1.70. The molecule has 1 fully saturated rings. The van der Waals surface area contributed by atoms with Crippen LogP contribution in [-0.2, 0) is 6.18 Å². The van der Waals surface area contributed by atoms with Crippen molar-refractivity contribution in [3.8, 4) is 0 Å². The van der Waals surface area contributed by atoms with E-state index >= 15 is 0 Å². The lowest BCUT2D eigenvalue weighted by Gasteiger charge is -2.23. The van der Waals surface area contributed by atoms with Crippen LogP contribution in [0.25, 0.3) is 0 Å². The van der Waals surface area contributed by atoms with E-state index in [2.05, 4.69) is 15.0 Å². The largest absolute Gasteiger partial charge is 0.417 e. The van der Waals surface area contributed by atoms with Crippen LogP contribution in [0.2, 0.25) is 0 Å². The highest BCUT2D eigenvalue weighted by atomic mass is 19.4. The van der Waals surface area contributed by atoms with E-state index in [0.717, 1.165) is 18.7 Å². The molecule has 2 aromatic rings. The number of alkyl halides is 3. The number of pyridine rings is 1. The molecule has 10 heteroatoms. The van der Waals surface area contributed by atoms with Crippen molar-refractivity contribution >= 4 is 17.5 Å². The molecule has 1 saturated heterocycles. The number of primary amides is 1. The van der Waals surface area contributed by atoms with E-state index in [-0.39, 0.29) is 5.69 Å². The SMILES string of the molecule is NC(=O)c1cncc(N2CCCN(c3ccc(C(F)(F)F)cn3)CC2)n1. The molecule has 26 heavy (non-hydrogen) atoms. The minimum atomic E-state index is -4.40. The van der Waals surface area contributed by atoms with Gasteiger partial charge in [-0.25, -0.2) is 9.97 Å². The molecular weight excluding hydrogens is 349 g/mol. The first-order chi connectivity index (χ1) is 12.3. The van der Waals surface area contributed by atoms with Gasteiger partial charge in [0.2, 0.25) is 0 Å². The van der Waals surface area contributed by atoms with Crippen molar-refractivity contribution in [1.29, 1.82) is 0 Å². The van der Waals surface area contributed by atoms with E-state index in [0.29, 0.717) is 37.8 Å². The van der Waals surface area contributed by atoms with Gasteiger partial charge in [0.25, 0.3) is 5.91 Å². The quantitative estimate of drug-likeness (QED) is 0.890. The van der Waals surface area contributed by atoms with Crippen molar-refractivity contribution < 1.29 is 18.0 Å². The summed E-state index contributed by atoms with van der Waals surface area (Å²) in [5, 5.41) is 0. The summed E-state index contributed by atoms with van der Waals surface area (Å²) in [6.45, 7) is 2.45. The Hall–Kier alpha value is -2.91. The molecule has 2 N–H and O–H groups in total. The van der Waals surface area contributed by atoms with Crippen LogP contribution in [0.3, 0.4) is 0 Å². The molecule has 0 spiro atoms. The van der Waals surface area contributed by atoms with Gasteiger partial charge in [0.15, 0.2) is 0 Å². The van der Waals surface area contributed by atoms with Crippen LogP contribution in [0.5, 0.6) is 0 Å². The number of anilines is 2. The third-order valence-electron chi connectivity index (χ3n) is 4.09. The minimum Gasteiger partial charge on any atom is -0.364 e. The van der Waals surface area contributed by atoms with Gasteiger partial charge < -0.3 is 15.5 Å². The van der Waals surface area contributed by atoms with Crippen molar-refractivity contribution in [2.45, 2.75) is 12.6 Å². The fourth-order valence-electron chi connectivity index (χ4n) is 2.74. The van der Waals surface area contributed by atoms with Crippen LogP contribution >= 0.6 is 0 Å². The number of nitrogens with zero attached hydrogens (tertiary/aromatic N) is 5. The third-order valence-corrected chi connectivity index (χ3v) is 4.09. The second-order valence-corrected chi connectivity index (χ2v) is 5.86. The summed E-state index contributed by atoms with van der Waals surface area (Å²) in [5.74, 6) is 0.394. The maximum absolute atomic E-state index is 12.6. The van der Waals surface area contributed by atoms with E-state index in [9.17, 15) is 18.0 Å². The summed E-state index contributed by atoms with van der Waals surface area (Å²) < 4.78 is 37.9. The van der Waals surface area contributed by atoms with Crippen molar-refractivity contribution in [3.05, 3.63) is 42.0 Å². The fourth-order valence-corrected chi connectivity index (χ4v) is 2.74. The van der Waals surface area contributed by atoms with Gasteiger partial charge in [-0.1, -0.05) is 0 Å². The molecule has 1 aliphatic rings. The van der Waals surface area contributed by atoms with Gasteiger partial charge in [0.1, 0.15) is 17.3 Å². The lowest BCUT2D eigenvalue weighted by atomic mass is 10.2. The molecule has 0 radical (unpaired) electrons. The van der Waals surface area contributed by atoms with Crippen LogP contribution in [0.15, 0.2) is 30.7 Å². The van der Waals surface area contributed by atoms with Gasteiger partial charge in [0.05, 0.1) is 18.0 Å². The molecule has 1 amide bonds. The number of carbonyl (C=O) groups is 1. The first-order valence-electron chi connectivity index (χ1n) is 7.99.